The Morgan fingerprint density at radius 1 is 1.81 bits per heavy atom. The van der Waals surface area contributed by atoms with Gasteiger partial charge in [-0.1, -0.05) is 0 Å². The first kappa shape index (κ1) is 11.9. The Balaban J connectivity index is 2.90. The SMILES string of the molecule is COCCn1cc([N+](=O)[O-])c(NC(=O)O)n1. The van der Waals surface area contributed by atoms with Crippen LogP contribution in [-0.2, 0) is 11.3 Å². The fraction of sp³-hybridized carbons (Fsp3) is 0.429. The topological polar surface area (TPSA) is 120 Å². The molecule has 2 N–H and O–H groups in total. The van der Waals surface area contributed by atoms with Crippen LogP contribution in [0.1, 0.15) is 0 Å². The monoisotopic (exact) mass is 230 g/mol. The first-order chi connectivity index (χ1) is 7.54. The normalized spacial score (nSPS) is 10.1. The highest BCUT2D eigenvalue weighted by Crippen LogP contribution is 2.21. The third kappa shape index (κ3) is 2.92. The van der Waals surface area contributed by atoms with Gasteiger partial charge in [-0.3, -0.25) is 20.1 Å². The minimum absolute atomic E-state index is 0.298. The maximum Gasteiger partial charge on any atom is 0.410 e. The molecular formula is C7H10N4O5. The highest BCUT2D eigenvalue weighted by molar-refractivity contribution is 5.84. The Kier molecular flexibility index (Phi) is 3.78. The van der Waals surface area contributed by atoms with Crippen LogP contribution in [-0.4, -0.2) is 39.6 Å². The van der Waals surface area contributed by atoms with Crippen LogP contribution in [0.25, 0.3) is 0 Å². The Labute approximate surface area is 89.8 Å². The number of carbonyl (C=O) groups is 1. The standard InChI is InChI=1S/C7H10N4O5/c1-16-3-2-10-4-5(11(14)15)6(9-10)8-7(12)13/h4H,2-3H2,1H3,(H,8,9)(H,12,13). The number of aromatic nitrogens is 2. The molecule has 9 heteroatoms. The van der Waals surface area contributed by atoms with Gasteiger partial charge in [-0.15, -0.1) is 5.10 Å². The van der Waals surface area contributed by atoms with E-state index in [4.69, 9.17) is 9.84 Å². The molecule has 16 heavy (non-hydrogen) atoms. The second-order valence-electron chi connectivity index (χ2n) is 2.81. The van der Waals surface area contributed by atoms with Crippen LogP contribution in [0.3, 0.4) is 0 Å². The minimum atomic E-state index is -1.40. The van der Waals surface area contributed by atoms with Crippen LogP contribution in [0.15, 0.2) is 6.20 Å². The van der Waals surface area contributed by atoms with Crippen LogP contribution in [0.2, 0.25) is 0 Å². The third-order valence-electron chi connectivity index (χ3n) is 1.69. The number of nitrogens with zero attached hydrogens (tertiary/aromatic N) is 3. The van der Waals surface area contributed by atoms with Crippen LogP contribution >= 0.6 is 0 Å². The molecule has 1 rings (SSSR count). The minimum Gasteiger partial charge on any atom is -0.465 e. The predicted molar refractivity (Wildman–Crippen MR) is 52.4 cm³/mol. The molecule has 1 aromatic heterocycles. The molecule has 1 aromatic rings. The summed E-state index contributed by atoms with van der Waals surface area (Å²) in [5, 5.41) is 24.6. The average Bonchev–Trinajstić information content (AvgIpc) is 2.57. The van der Waals surface area contributed by atoms with E-state index < -0.39 is 16.7 Å². The van der Waals surface area contributed by atoms with Gasteiger partial charge in [-0.2, -0.15) is 0 Å². The van der Waals surface area contributed by atoms with E-state index in [1.165, 1.54) is 11.8 Å². The van der Waals surface area contributed by atoms with Crippen molar-refractivity contribution < 1.29 is 19.6 Å². The molecule has 0 fully saturated rings. The van der Waals surface area contributed by atoms with Crippen molar-refractivity contribution in [2.45, 2.75) is 6.54 Å². The fourth-order valence-electron chi connectivity index (χ4n) is 1.03. The Hall–Kier alpha value is -2.16. The molecule has 0 saturated carbocycles. The number of carboxylic acid groups (broad SMARTS) is 1. The Morgan fingerprint density at radius 3 is 3.00 bits per heavy atom. The van der Waals surface area contributed by atoms with E-state index >= 15 is 0 Å². The van der Waals surface area contributed by atoms with Gasteiger partial charge in [0.15, 0.2) is 0 Å². The van der Waals surface area contributed by atoms with E-state index in [-0.39, 0.29) is 5.82 Å². The van der Waals surface area contributed by atoms with E-state index in [9.17, 15) is 14.9 Å². The number of ether oxygens (including phenoxy) is 1. The number of amides is 1. The maximum absolute atomic E-state index is 10.6. The summed E-state index contributed by atoms with van der Waals surface area (Å²) in [5.41, 5.74) is -0.390. The second kappa shape index (κ2) is 5.07. The molecule has 1 heterocycles. The van der Waals surface area contributed by atoms with Gasteiger partial charge in [0.25, 0.3) is 0 Å². The molecule has 9 nitrogen and oxygen atoms in total. The molecule has 0 bridgehead atoms. The summed E-state index contributed by atoms with van der Waals surface area (Å²) >= 11 is 0. The van der Waals surface area contributed by atoms with E-state index in [0.29, 0.717) is 13.2 Å². The van der Waals surface area contributed by atoms with E-state index in [1.807, 2.05) is 5.32 Å². The quantitative estimate of drug-likeness (QED) is 0.562. The molecule has 0 aromatic carbocycles. The smallest absolute Gasteiger partial charge is 0.410 e. The van der Waals surface area contributed by atoms with Crippen LogP contribution in [0.5, 0.6) is 0 Å². The van der Waals surface area contributed by atoms with Gasteiger partial charge >= 0.3 is 11.8 Å². The number of nitrogens with one attached hydrogen (secondary N) is 1. The second-order valence-corrected chi connectivity index (χ2v) is 2.81. The first-order valence-corrected chi connectivity index (χ1v) is 4.25. The van der Waals surface area contributed by atoms with E-state index in [2.05, 4.69) is 5.10 Å². The molecule has 88 valence electrons. The summed E-state index contributed by atoms with van der Waals surface area (Å²) in [6.45, 7) is 0.629. The molecule has 0 atom stereocenters. The van der Waals surface area contributed by atoms with Crippen molar-refractivity contribution in [1.29, 1.82) is 0 Å². The molecule has 0 aliphatic carbocycles. The number of hydrogen-bond acceptors (Lipinski definition) is 5. The number of methoxy groups -OCH3 is 1. The molecule has 0 aliphatic heterocycles. The summed E-state index contributed by atoms with van der Waals surface area (Å²) in [6, 6.07) is 0. The van der Waals surface area contributed by atoms with Crippen molar-refractivity contribution in [2.75, 3.05) is 19.0 Å². The van der Waals surface area contributed by atoms with Gasteiger partial charge in [-0.05, 0) is 0 Å². The zero-order valence-corrected chi connectivity index (χ0v) is 8.41. The van der Waals surface area contributed by atoms with Crippen molar-refractivity contribution >= 4 is 17.6 Å². The van der Waals surface area contributed by atoms with Crippen molar-refractivity contribution in [3.05, 3.63) is 16.3 Å². The largest absolute Gasteiger partial charge is 0.465 e. The van der Waals surface area contributed by atoms with Gasteiger partial charge < -0.3 is 9.84 Å². The lowest BCUT2D eigenvalue weighted by atomic mass is 10.5. The van der Waals surface area contributed by atoms with Gasteiger partial charge in [0, 0.05) is 7.11 Å². The highest BCUT2D eigenvalue weighted by atomic mass is 16.6. The zero-order chi connectivity index (χ0) is 12.1. The Morgan fingerprint density at radius 2 is 2.50 bits per heavy atom. The van der Waals surface area contributed by atoms with Crippen molar-refractivity contribution in [3.63, 3.8) is 0 Å². The van der Waals surface area contributed by atoms with Gasteiger partial charge in [0.1, 0.15) is 6.20 Å². The number of anilines is 1. The number of nitro groups is 1. The summed E-state index contributed by atoms with van der Waals surface area (Å²) in [6.07, 6.45) is -0.260. The molecule has 0 radical (unpaired) electrons. The lowest BCUT2D eigenvalue weighted by Gasteiger charge is -1.97. The van der Waals surface area contributed by atoms with E-state index in [1.54, 1.807) is 0 Å². The maximum atomic E-state index is 10.6. The van der Waals surface area contributed by atoms with Crippen molar-refractivity contribution in [1.82, 2.24) is 9.78 Å². The van der Waals surface area contributed by atoms with Gasteiger partial charge in [0.2, 0.25) is 5.82 Å². The molecular weight excluding hydrogens is 220 g/mol. The fourth-order valence-corrected chi connectivity index (χ4v) is 1.03. The van der Waals surface area contributed by atoms with Crippen LogP contribution in [0.4, 0.5) is 16.3 Å². The molecule has 1 amide bonds. The van der Waals surface area contributed by atoms with Crippen LogP contribution in [0, 0.1) is 10.1 Å². The van der Waals surface area contributed by atoms with Crippen molar-refractivity contribution in [3.8, 4) is 0 Å². The van der Waals surface area contributed by atoms with E-state index in [0.717, 1.165) is 6.20 Å². The lowest BCUT2D eigenvalue weighted by Crippen LogP contribution is -2.10. The third-order valence-corrected chi connectivity index (χ3v) is 1.69. The van der Waals surface area contributed by atoms with Gasteiger partial charge in [-0.25, -0.2) is 4.79 Å². The first-order valence-electron chi connectivity index (χ1n) is 4.25. The summed E-state index contributed by atoms with van der Waals surface area (Å²) in [4.78, 5) is 20.2. The predicted octanol–water partition coefficient (Wildman–Crippen LogP) is 0.528. The Bertz CT molecular complexity index is 401. The number of rotatable bonds is 5. The highest BCUT2D eigenvalue weighted by Gasteiger charge is 2.20. The van der Waals surface area contributed by atoms with Crippen LogP contribution < -0.4 is 5.32 Å². The summed E-state index contributed by atoms with van der Waals surface area (Å²) in [7, 11) is 1.48. The molecule has 0 saturated heterocycles. The number of hydrogen-bond donors (Lipinski definition) is 2. The average molecular weight is 230 g/mol. The van der Waals surface area contributed by atoms with Gasteiger partial charge in [0.05, 0.1) is 18.1 Å². The lowest BCUT2D eigenvalue weighted by molar-refractivity contribution is -0.384. The molecule has 0 spiro atoms. The summed E-state index contributed by atoms with van der Waals surface area (Å²) < 4.78 is 6.01. The zero-order valence-electron chi connectivity index (χ0n) is 8.41. The van der Waals surface area contributed by atoms with Crippen molar-refractivity contribution in [2.24, 2.45) is 0 Å². The molecule has 0 aliphatic rings. The summed E-state index contributed by atoms with van der Waals surface area (Å²) in [5.74, 6) is -0.298. The molecule has 0 unspecified atom stereocenters.